The first-order valence-corrected chi connectivity index (χ1v) is 20.5. The number of pyridine rings is 1. The van der Waals surface area contributed by atoms with Gasteiger partial charge in [-0.1, -0.05) is 26.0 Å². The maximum absolute atomic E-state index is 14.3. The molecule has 3 amide bonds. The second kappa shape index (κ2) is 15.6. The van der Waals surface area contributed by atoms with Crippen molar-refractivity contribution in [3.8, 4) is 22.2 Å². The Morgan fingerprint density at radius 2 is 1.87 bits per heavy atom. The molecule has 3 heterocycles. The second-order valence-corrected chi connectivity index (χ2v) is 17.8. The SMILES string of the molecule is COc1ccc2c(O[C@@H]3C[C@H]4C(=O)N[C@]5(C(=O)[N-]S(=O)(=O)C6CC6)C[C@@H]5/C=C\CCCCN(C)C(=O)[C@@H]4C3)cc(-c3nc(C(C)C)cs3)nc2c1C.[Na+]. The van der Waals surface area contributed by atoms with E-state index in [9.17, 15) is 22.8 Å². The van der Waals surface area contributed by atoms with Gasteiger partial charge in [0.15, 0.2) is 0 Å². The molecular formula is C38H46N5NaO7S2. The van der Waals surface area contributed by atoms with E-state index in [4.69, 9.17) is 19.4 Å². The van der Waals surface area contributed by atoms with Crippen LogP contribution in [0.15, 0.2) is 35.7 Å². The van der Waals surface area contributed by atoms with Crippen LogP contribution in [0.2, 0.25) is 0 Å². The number of amides is 3. The standard InChI is InChI=1S/C38H47N5O7S2.Na/c1-21(2)30-20-51-35(40-30)29-18-32(26-13-14-31(49-5)22(3)33(26)39-29)50-24-16-27-28(17-24)36(45)43(4)15-9-7-6-8-10-23-19-38(23,41-34(27)44)37(46)42-52(47,48)25-11-12-25;/h8,10,13-14,18,20-21,23-25,27-28H,6-7,9,11-12,15-17,19H2,1-5H3,(H2,41,42,44,46);/q;+1/p-1/b10-8-;/t23-,24+,27+,28+,38+;/m0./s1. The van der Waals surface area contributed by atoms with Crippen LogP contribution in [0.1, 0.15) is 82.4 Å². The molecular weight excluding hydrogens is 726 g/mol. The zero-order valence-corrected chi connectivity index (χ0v) is 34.9. The molecule has 0 bridgehead atoms. The molecule has 4 aliphatic rings. The van der Waals surface area contributed by atoms with E-state index >= 15 is 0 Å². The molecule has 3 aromatic rings. The number of carbonyl (C=O) groups excluding carboxylic acids is 3. The molecule has 3 saturated carbocycles. The fourth-order valence-electron chi connectivity index (χ4n) is 7.48. The maximum Gasteiger partial charge on any atom is 1.00 e. The number of nitrogens with zero attached hydrogens (tertiary/aromatic N) is 4. The predicted octanol–water partition coefficient (Wildman–Crippen LogP) is 3.04. The Kier molecular flexibility index (Phi) is 11.7. The molecule has 3 aliphatic carbocycles. The van der Waals surface area contributed by atoms with Crippen molar-refractivity contribution in [3.05, 3.63) is 51.7 Å². The van der Waals surface area contributed by atoms with Crippen molar-refractivity contribution in [1.29, 1.82) is 0 Å². The number of benzene rings is 1. The second-order valence-electron chi connectivity index (χ2n) is 15.0. The number of carbonyl (C=O) groups is 3. The number of ether oxygens (including phenoxy) is 2. The van der Waals surface area contributed by atoms with Crippen LogP contribution < -0.4 is 44.3 Å². The minimum Gasteiger partial charge on any atom is -0.544 e. The van der Waals surface area contributed by atoms with Crippen LogP contribution in [0.3, 0.4) is 0 Å². The molecule has 2 aromatic heterocycles. The number of hydrogen-bond acceptors (Lipinski definition) is 10. The van der Waals surface area contributed by atoms with E-state index in [1.54, 1.807) is 19.1 Å². The van der Waals surface area contributed by atoms with Gasteiger partial charge in [-0.25, -0.2) is 18.4 Å². The molecule has 5 atom stereocenters. The van der Waals surface area contributed by atoms with Gasteiger partial charge in [0.05, 0.1) is 51.6 Å². The monoisotopic (exact) mass is 771 g/mol. The zero-order valence-electron chi connectivity index (χ0n) is 31.3. The summed E-state index contributed by atoms with van der Waals surface area (Å²) in [6.45, 7) is 6.68. The Bertz CT molecular complexity index is 2050. The van der Waals surface area contributed by atoms with Gasteiger partial charge in [-0.05, 0) is 76.3 Å². The average molecular weight is 772 g/mol. The van der Waals surface area contributed by atoms with Crippen molar-refractivity contribution >= 4 is 50.0 Å². The third-order valence-corrected chi connectivity index (χ3v) is 13.5. The van der Waals surface area contributed by atoms with Gasteiger partial charge in [0.25, 0.3) is 0 Å². The van der Waals surface area contributed by atoms with Gasteiger partial charge in [-0.3, -0.25) is 9.59 Å². The van der Waals surface area contributed by atoms with Crippen LogP contribution >= 0.6 is 11.3 Å². The molecule has 0 saturated heterocycles. The van der Waals surface area contributed by atoms with Gasteiger partial charge in [-0.2, -0.15) is 0 Å². The number of allylic oxidation sites excluding steroid dienone is 1. The maximum atomic E-state index is 14.3. The van der Waals surface area contributed by atoms with Gasteiger partial charge in [0.2, 0.25) is 11.8 Å². The molecule has 0 spiro atoms. The van der Waals surface area contributed by atoms with Crippen LogP contribution in [0.5, 0.6) is 11.5 Å². The molecule has 7 rings (SSSR count). The number of nitrogens with one attached hydrogen (secondary N) is 1. The normalized spacial score (nSPS) is 26.9. The van der Waals surface area contributed by atoms with Gasteiger partial charge in [0, 0.05) is 47.2 Å². The number of methoxy groups -OCH3 is 1. The topological polar surface area (TPSA) is 159 Å². The number of sulfonamides is 1. The van der Waals surface area contributed by atoms with E-state index in [-0.39, 0.29) is 66.6 Å². The summed E-state index contributed by atoms with van der Waals surface area (Å²) in [5.74, 6) is -1.85. The Morgan fingerprint density at radius 1 is 1.11 bits per heavy atom. The van der Waals surface area contributed by atoms with Crippen molar-refractivity contribution < 1.29 is 61.8 Å². The average Bonchev–Trinajstić information content (AvgIpc) is 3.98. The summed E-state index contributed by atoms with van der Waals surface area (Å²) in [7, 11) is -0.577. The van der Waals surface area contributed by atoms with E-state index in [1.165, 1.54) is 11.3 Å². The third kappa shape index (κ3) is 8.03. The summed E-state index contributed by atoms with van der Waals surface area (Å²) in [4.78, 5) is 53.4. The Labute approximate surface area is 337 Å². The van der Waals surface area contributed by atoms with Crippen molar-refractivity contribution in [3.63, 3.8) is 0 Å². The van der Waals surface area contributed by atoms with E-state index in [0.29, 0.717) is 42.1 Å². The molecule has 0 unspecified atom stereocenters. The predicted molar refractivity (Wildman–Crippen MR) is 199 cm³/mol. The van der Waals surface area contributed by atoms with E-state index in [1.807, 2.05) is 42.7 Å². The number of aromatic nitrogens is 2. The van der Waals surface area contributed by atoms with Crippen molar-refractivity contribution in [2.24, 2.45) is 17.8 Å². The number of thiazole rings is 1. The van der Waals surface area contributed by atoms with Crippen molar-refractivity contribution in [2.45, 2.75) is 94.9 Å². The molecule has 1 aliphatic heterocycles. The molecule has 53 heavy (non-hydrogen) atoms. The number of aryl methyl sites for hydroxylation is 1. The fourth-order valence-corrected chi connectivity index (χ4v) is 9.70. The smallest absolute Gasteiger partial charge is 0.544 e. The van der Waals surface area contributed by atoms with Gasteiger partial charge in [-0.15, -0.1) is 11.3 Å². The van der Waals surface area contributed by atoms with E-state index in [0.717, 1.165) is 40.9 Å². The first-order valence-electron chi connectivity index (χ1n) is 18.2. The quantitative estimate of drug-likeness (QED) is 0.269. The number of fused-ring (bicyclic) bond motifs is 3. The largest absolute Gasteiger partial charge is 1.00 e. The van der Waals surface area contributed by atoms with E-state index in [2.05, 4.69) is 23.9 Å². The van der Waals surface area contributed by atoms with Crippen LogP contribution in [0, 0.1) is 24.7 Å². The van der Waals surface area contributed by atoms with Crippen LogP contribution in [0.25, 0.3) is 26.3 Å². The summed E-state index contributed by atoms with van der Waals surface area (Å²) in [5.41, 5.74) is 1.73. The number of rotatable bonds is 8. The number of hydrogen-bond donors (Lipinski definition) is 1. The minimum absolute atomic E-state index is 0. The molecule has 3 fully saturated rings. The van der Waals surface area contributed by atoms with Gasteiger partial charge >= 0.3 is 29.6 Å². The summed E-state index contributed by atoms with van der Waals surface area (Å²) >= 11 is 1.51. The molecule has 0 radical (unpaired) electrons. The van der Waals surface area contributed by atoms with Crippen LogP contribution in [-0.2, 0) is 24.4 Å². The zero-order chi connectivity index (χ0) is 36.9. The Morgan fingerprint density at radius 3 is 2.57 bits per heavy atom. The van der Waals surface area contributed by atoms with Crippen LogP contribution in [0.4, 0.5) is 0 Å². The summed E-state index contributed by atoms with van der Waals surface area (Å²) in [5, 5.41) is 5.85. The molecule has 278 valence electrons. The Balaban J connectivity index is 0.00000481. The molecule has 12 nitrogen and oxygen atoms in total. The van der Waals surface area contributed by atoms with Crippen molar-refractivity contribution in [1.82, 2.24) is 20.2 Å². The fraction of sp³-hybridized carbons (Fsp3) is 0.553. The van der Waals surface area contributed by atoms with Gasteiger partial charge in [0.1, 0.15) is 28.3 Å². The summed E-state index contributed by atoms with van der Waals surface area (Å²) in [6.07, 6.45) is 7.44. The van der Waals surface area contributed by atoms with Crippen LogP contribution in [-0.4, -0.2) is 78.6 Å². The first-order chi connectivity index (χ1) is 24.8. The minimum atomic E-state index is -3.95. The van der Waals surface area contributed by atoms with E-state index < -0.39 is 50.6 Å². The summed E-state index contributed by atoms with van der Waals surface area (Å²) < 4.78 is 41.5. The Hall–Kier alpha value is -3.04. The van der Waals surface area contributed by atoms with Gasteiger partial charge < -0.3 is 29.2 Å². The molecule has 1 aromatic carbocycles. The first kappa shape index (κ1) is 39.6. The molecule has 1 N–H and O–H groups in total. The van der Waals surface area contributed by atoms with Crippen molar-refractivity contribution in [2.75, 3.05) is 20.7 Å². The third-order valence-electron chi connectivity index (χ3n) is 10.9. The molecule has 15 heteroatoms. The summed E-state index contributed by atoms with van der Waals surface area (Å²) in [6, 6.07) is 5.65.